The smallest absolute Gasteiger partial charge is 0.326 e. The molecule has 1 aromatic carbocycles. The van der Waals surface area contributed by atoms with Crippen molar-refractivity contribution in [2.75, 3.05) is 18.8 Å². The van der Waals surface area contributed by atoms with Crippen LogP contribution < -0.4 is 27.8 Å². The van der Waals surface area contributed by atoms with Crippen LogP contribution >= 0.6 is 0 Å². The molecule has 1 aliphatic heterocycles. The average molecular weight is 609 g/mol. The first-order valence-electron chi connectivity index (χ1n) is 13.7. The zero-order valence-electron chi connectivity index (χ0n) is 24.5. The highest BCUT2D eigenvalue weighted by molar-refractivity contribution is 6.12. The molecule has 15 heteroatoms. The van der Waals surface area contributed by atoms with Gasteiger partial charge in [-0.2, -0.15) is 0 Å². The van der Waals surface area contributed by atoms with Gasteiger partial charge in [0, 0.05) is 37.3 Å². The van der Waals surface area contributed by atoms with E-state index in [4.69, 9.17) is 32.5 Å². The van der Waals surface area contributed by atoms with E-state index >= 15 is 0 Å². The molecule has 0 bridgehead atoms. The van der Waals surface area contributed by atoms with E-state index < -0.39 is 30.1 Å². The Morgan fingerprint density at radius 3 is 1.95 bits per heavy atom. The Labute approximate surface area is 250 Å². The fourth-order valence-corrected chi connectivity index (χ4v) is 3.42. The molecule has 2 rings (SSSR count). The van der Waals surface area contributed by atoms with E-state index in [0.29, 0.717) is 45.2 Å². The highest BCUT2D eigenvalue weighted by atomic mass is 16.4. The molecule has 11 N–H and O–H groups in total. The number of hydrogen-bond donors (Lipinski definition) is 8. The van der Waals surface area contributed by atoms with Crippen LogP contribution in [0, 0.1) is 5.92 Å². The summed E-state index contributed by atoms with van der Waals surface area (Å²) >= 11 is 0. The summed E-state index contributed by atoms with van der Waals surface area (Å²) in [5.74, 6) is -3.15. The molecule has 15 nitrogen and oxygen atoms in total. The fourth-order valence-electron chi connectivity index (χ4n) is 3.42. The Kier molecular flexibility index (Phi) is 19.0. The number of nitrogen functional groups attached to an aromatic ring is 1. The summed E-state index contributed by atoms with van der Waals surface area (Å²) in [5.41, 5.74) is 17.0. The highest BCUT2D eigenvalue weighted by Crippen LogP contribution is 2.09. The second-order valence-electron chi connectivity index (χ2n) is 9.88. The van der Waals surface area contributed by atoms with Gasteiger partial charge in [0.05, 0.1) is 6.61 Å². The molecule has 0 saturated carbocycles. The first-order chi connectivity index (χ1) is 20.2. The molecule has 2 atom stereocenters. The number of primary amides is 1. The van der Waals surface area contributed by atoms with Crippen molar-refractivity contribution in [2.24, 2.45) is 17.4 Å². The van der Waals surface area contributed by atoms with Crippen LogP contribution in [0.15, 0.2) is 36.4 Å². The van der Waals surface area contributed by atoms with Crippen LogP contribution in [0.4, 0.5) is 10.5 Å². The third kappa shape index (κ3) is 17.8. The molecule has 43 heavy (non-hydrogen) atoms. The maximum atomic E-state index is 11.7. The summed E-state index contributed by atoms with van der Waals surface area (Å²) in [4.78, 5) is 66.8. The van der Waals surface area contributed by atoms with Crippen molar-refractivity contribution < 1.29 is 44.1 Å². The summed E-state index contributed by atoms with van der Waals surface area (Å²) in [6.45, 7) is 4.25. The number of unbranched alkanes of at least 4 members (excludes halogenated alkanes) is 2. The van der Waals surface area contributed by atoms with Gasteiger partial charge >= 0.3 is 18.0 Å². The van der Waals surface area contributed by atoms with Gasteiger partial charge < -0.3 is 43.2 Å². The topological polar surface area (TPSA) is 268 Å². The van der Waals surface area contributed by atoms with Gasteiger partial charge in [0.1, 0.15) is 12.1 Å². The molecule has 240 valence electrons. The van der Waals surface area contributed by atoms with Crippen LogP contribution in [0.3, 0.4) is 0 Å². The molecule has 0 radical (unpaired) electrons. The van der Waals surface area contributed by atoms with Crippen molar-refractivity contribution in [3.63, 3.8) is 0 Å². The monoisotopic (exact) mass is 608 g/mol. The van der Waals surface area contributed by atoms with Crippen LogP contribution in [0.25, 0.3) is 0 Å². The van der Waals surface area contributed by atoms with E-state index in [2.05, 4.69) is 10.6 Å². The number of anilines is 1. The molecule has 0 spiro atoms. The lowest BCUT2D eigenvalue weighted by Crippen LogP contribution is -2.44. The third-order valence-electron chi connectivity index (χ3n) is 5.91. The minimum atomic E-state index is -1.04. The number of carbonyl (C=O) groups is 6. The van der Waals surface area contributed by atoms with Crippen LogP contribution in [0.1, 0.15) is 57.9 Å². The first kappa shape index (κ1) is 38.5. The van der Waals surface area contributed by atoms with Crippen molar-refractivity contribution >= 4 is 41.4 Å². The first-order valence-corrected chi connectivity index (χ1v) is 13.7. The van der Waals surface area contributed by atoms with Crippen LogP contribution in [-0.2, 0) is 30.6 Å². The number of aliphatic hydroxyl groups is 1. The zero-order chi connectivity index (χ0) is 32.9. The number of imide groups is 1. The van der Waals surface area contributed by atoms with Crippen LogP contribution in [-0.4, -0.2) is 81.1 Å². The van der Waals surface area contributed by atoms with E-state index in [1.807, 2.05) is 0 Å². The molecule has 0 fully saturated rings. The summed E-state index contributed by atoms with van der Waals surface area (Å²) in [6.07, 6.45) is 5.45. The van der Waals surface area contributed by atoms with E-state index in [-0.39, 0.29) is 36.7 Å². The Morgan fingerprint density at radius 1 is 0.907 bits per heavy atom. The lowest BCUT2D eigenvalue weighted by atomic mass is 10.0. The van der Waals surface area contributed by atoms with E-state index in [1.54, 1.807) is 38.1 Å². The number of carboxylic acids is 2. The predicted octanol–water partition coefficient (Wildman–Crippen LogP) is 0.305. The molecule has 2 unspecified atom stereocenters. The van der Waals surface area contributed by atoms with Crippen molar-refractivity contribution in [1.82, 2.24) is 15.5 Å². The van der Waals surface area contributed by atoms with Gasteiger partial charge in [0.15, 0.2) is 0 Å². The number of rotatable bonds is 15. The number of benzene rings is 1. The Hall–Kier alpha value is -4.50. The molecular weight excluding hydrogens is 564 g/mol. The summed E-state index contributed by atoms with van der Waals surface area (Å²) < 4.78 is 0. The third-order valence-corrected chi connectivity index (χ3v) is 5.91. The number of urea groups is 1. The van der Waals surface area contributed by atoms with E-state index in [0.717, 1.165) is 11.3 Å². The second-order valence-corrected chi connectivity index (χ2v) is 9.88. The predicted molar refractivity (Wildman–Crippen MR) is 158 cm³/mol. The number of aliphatic carboxylic acids is 2. The number of amides is 5. The standard InChI is InChI=1S/C15H22N2O5.C7H9NO.C6H13N3O3/c1-10(2)14(15(21)22)16-11(18)6-4-3-5-9-17-12(19)7-8-13(17)20;8-7-3-1-6(5-9)2-4-7;7-4(5(10)11)2-1-3-9-6(8)12/h7-8,10,14H,3-6,9H2,1-2H3,(H,16,18)(H,21,22);1-4,9H,5,8H2;4H,1-3,7H2,(H,10,11)(H3,8,9,12). The van der Waals surface area contributed by atoms with Crippen molar-refractivity contribution in [2.45, 2.75) is 71.1 Å². The Bertz CT molecular complexity index is 1070. The number of carboxylic acid groups (broad SMARTS) is 2. The van der Waals surface area contributed by atoms with Crippen molar-refractivity contribution in [1.29, 1.82) is 0 Å². The van der Waals surface area contributed by atoms with Gasteiger partial charge in [-0.3, -0.25) is 24.1 Å². The molecule has 0 aliphatic carbocycles. The lowest BCUT2D eigenvalue weighted by Gasteiger charge is -2.18. The molecule has 1 heterocycles. The minimum Gasteiger partial charge on any atom is -0.480 e. The number of nitrogens with one attached hydrogen (secondary N) is 2. The Balaban J connectivity index is 0.000000700. The van der Waals surface area contributed by atoms with Gasteiger partial charge in [-0.1, -0.05) is 32.4 Å². The second kappa shape index (κ2) is 21.2. The number of aliphatic hydroxyl groups excluding tert-OH is 1. The van der Waals surface area contributed by atoms with Crippen LogP contribution in [0.2, 0.25) is 0 Å². The molecule has 0 saturated heterocycles. The highest BCUT2D eigenvalue weighted by Gasteiger charge is 2.24. The quantitative estimate of drug-likeness (QED) is 0.0762. The van der Waals surface area contributed by atoms with Crippen molar-refractivity contribution in [3.05, 3.63) is 42.0 Å². The minimum absolute atomic E-state index is 0.0836. The maximum Gasteiger partial charge on any atom is 0.326 e. The normalized spacial score (nSPS) is 13.3. The number of nitrogens with zero attached hydrogens (tertiary/aromatic N) is 1. The van der Waals surface area contributed by atoms with Crippen LogP contribution in [0.5, 0.6) is 0 Å². The summed E-state index contributed by atoms with van der Waals surface area (Å²) in [7, 11) is 0. The number of carbonyl (C=O) groups excluding carboxylic acids is 4. The summed E-state index contributed by atoms with van der Waals surface area (Å²) in [5, 5.41) is 30.7. The number of nitrogens with two attached hydrogens (primary N) is 3. The van der Waals surface area contributed by atoms with Gasteiger partial charge in [-0.25, -0.2) is 9.59 Å². The van der Waals surface area contributed by atoms with Gasteiger partial charge in [-0.15, -0.1) is 0 Å². The maximum absolute atomic E-state index is 11.7. The molecular formula is C28H44N6O9. The van der Waals surface area contributed by atoms with E-state index in [1.165, 1.54) is 17.1 Å². The molecule has 5 amide bonds. The van der Waals surface area contributed by atoms with Gasteiger partial charge in [-0.05, 0) is 49.3 Å². The molecule has 1 aromatic rings. The molecule has 1 aliphatic rings. The van der Waals surface area contributed by atoms with Crippen molar-refractivity contribution in [3.8, 4) is 0 Å². The fraction of sp³-hybridized carbons (Fsp3) is 0.500. The van der Waals surface area contributed by atoms with Gasteiger partial charge in [0.2, 0.25) is 5.91 Å². The lowest BCUT2D eigenvalue weighted by molar-refractivity contribution is -0.143. The van der Waals surface area contributed by atoms with Gasteiger partial charge in [0.25, 0.3) is 11.8 Å². The number of hydrogen-bond acceptors (Lipinski definition) is 9. The molecule has 0 aromatic heterocycles. The van der Waals surface area contributed by atoms with E-state index in [9.17, 15) is 28.8 Å². The summed E-state index contributed by atoms with van der Waals surface area (Å²) in [6, 6.07) is 4.79. The zero-order valence-corrected chi connectivity index (χ0v) is 24.5. The largest absolute Gasteiger partial charge is 0.480 e. The SMILES string of the molecule is CC(C)C(NC(=O)CCCCCN1C(=O)C=CC1=O)C(=O)O.NC(=O)NCCCC(N)C(=O)O.Nc1ccc(CO)cc1. The Morgan fingerprint density at radius 2 is 1.49 bits per heavy atom. The average Bonchev–Trinajstić information content (AvgIpc) is 3.26.